The van der Waals surface area contributed by atoms with E-state index in [-0.39, 0.29) is 12.5 Å². The molecule has 0 aliphatic rings. The quantitative estimate of drug-likeness (QED) is 0.935. The molecule has 1 N–H and O–H groups in total. The van der Waals surface area contributed by atoms with Crippen molar-refractivity contribution in [1.82, 2.24) is 10.3 Å². The zero-order valence-corrected chi connectivity index (χ0v) is 13.6. The van der Waals surface area contributed by atoms with E-state index in [0.29, 0.717) is 4.88 Å². The van der Waals surface area contributed by atoms with Crippen LogP contribution in [0.1, 0.15) is 20.8 Å². The van der Waals surface area contributed by atoms with Crippen molar-refractivity contribution >= 4 is 37.3 Å². The molecule has 2 heterocycles. The molecule has 2 aromatic rings. The third kappa shape index (κ3) is 3.68. The number of thiophene rings is 1. The number of rotatable bonds is 4. The summed E-state index contributed by atoms with van der Waals surface area (Å²) in [5.74, 6) is -0.215. The first-order valence-electron chi connectivity index (χ1n) is 6.29. The largest absolute Gasteiger partial charge is 0.348 e. The van der Waals surface area contributed by atoms with Crippen molar-refractivity contribution < 1.29 is 13.2 Å². The first-order chi connectivity index (χ1) is 9.79. The number of hydrogen-bond donors (Lipinski definition) is 1. The molecule has 0 radical (unpaired) electrons. The van der Waals surface area contributed by atoms with Crippen LogP contribution in [0.25, 0.3) is 10.2 Å². The van der Waals surface area contributed by atoms with E-state index in [0.717, 1.165) is 33.0 Å². The maximum Gasteiger partial charge on any atom is 0.261 e. The minimum Gasteiger partial charge on any atom is -0.348 e. The molecular formula is C14H16N2O3S2. The molecule has 0 aliphatic heterocycles. The summed E-state index contributed by atoms with van der Waals surface area (Å²) < 4.78 is 21.9. The Kier molecular flexibility index (Phi) is 4.43. The van der Waals surface area contributed by atoms with Crippen LogP contribution in [-0.4, -0.2) is 32.1 Å². The van der Waals surface area contributed by atoms with Crippen molar-refractivity contribution in [2.45, 2.75) is 13.8 Å². The number of carbonyl (C=O) groups is 1. The Labute approximate surface area is 127 Å². The number of nitrogens with one attached hydrogen (secondary N) is 1. The first kappa shape index (κ1) is 15.7. The number of hydrogen-bond acceptors (Lipinski definition) is 5. The number of aromatic nitrogens is 1. The fourth-order valence-corrected chi connectivity index (χ4v) is 3.61. The zero-order chi connectivity index (χ0) is 15.6. The molecule has 7 heteroatoms. The van der Waals surface area contributed by atoms with Crippen molar-refractivity contribution in [2.24, 2.45) is 0 Å². The molecule has 0 atom stereocenters. The van der Waals surface area contributed by atoms with E-state index in [9.17, 15) is 13.2 Å². The van der Waals surface area contributed by atoms with E-state index in [1.165, 1.54) is 17.4 Å². The molecule has 1 amide bonds. The molecule has 0 bridgehead atoms. The van der Waals surface area contributed by atoms with Crippen LogP contribution in [-0.2, 0) is 9.84 Å². The van der Waals surface area contributed by atoms with Gasteiger partial charge < -0.3 is 5.32 Å². The average molecular weight is 324 g/mol. The molecule has 2 rings (SSSR count). The maximum absolute atomic E-state index is 12.2. The normalized spacial score (nSPS) is 12.1. The van der Waals surface area contributed by atoms with Gasteiger partial charge in [0.25, 0.3) is 5.91 Å². The summed E-state index contributed by atoms with van der Waals surface area (Å²) in [6, 6.07) is 1.92. The highest BCUT2D eigenvalue weighted by Crippen LogP contribution is 2.31. The van der Waals surface area contributed by atoms with Gasteiger partial charge >= 0.3 is 0 Å². The molecule has 0 unspecified atom stereocenters. The van der Waals surface area contributed by atoms with E-state index in [1.54, 1.807) is 6.20 Å². The molecule has 0 spiro atoms. The van der Waals surface area contributed by atoms with Crippen molar-refractivity contribution in [3.05, 3.63) is 39.8 Å². The van der Waals surface area contributed by atoms with Gasteiger partial charge in [-0.05, 0) is 31.0 Å². The Balaban J connectivity index is 2.19. The minimum absolute atomic E-state index is 0.173. The molecule has 5 nitrogen and oxygen atoms in total. The summed E-state index contributed by atoms with van der Waals surface area (Å²) in [5.41, 5.74) is 2.00. The lowest BCUT2D eigenvalue weighted by molar-refractivity contribution is 0.0961. The van der Waals surface area contributed by atoms with Crippen LogP contribution in [0.5, 0.6) is 0 Å². The summed E-state index contributed by atoms with van der Waals surface area (Å²) >= 11 is 1.34. The van der Waals surface area contributed by atoms with Crippen molar-refractivity contribution in [2.75, 3.05) is 12.8 Å². The van der Waals surface area contributed by atoms with Crippen LogP contribution in [0.4, 0.5) is 0 Å². The second-order valence-corrected chi connectivity index (χ2v) is 7.71. The Morgan fingerprint density at radius 1 is 1.43 bits per heavy atom. The topological polar surface area (TPSA) is 76.1 Å². The van der Waals surface area contributed by atoms with Crippen LogP contribution >= 0.6 is 11.3 Å². The predicted molar refractivity (Wildman–Crippen MR) is 85.4 cm³/mol. The van der Waals surface area contributed by atoms with Gasteiger partial charge in [-0.3, -0.25) is 4.79 Å². The third-order valence-corrected chi connectivity index (χ3v) is 4.85. The predicted octanol–water partition coefficient (Wildman–Crippen LogP) is 2.20. The van der Waals surface area contributed by atoms with Gasteiger partial charge in [-0.15, -0.1) is 11.3 Å². The van der Waals surface area contributed by atoms with Crippen LogP contribution in [0.15, 0.2) is 23.7 Å². The number of pyridine rings is 1. The lowest BCUT2D eigenvalue weighted by Gasteiger charge is -2.01. The SMILES string of the molecule is Cc1ccnc2sc(C(=O)NC/C=C/S(C)(=O)=O)c(C)c12. The zero-order valence-electron chi connectivity index (χ0n) is 12.0. The van der Waals surface area contributed by atoms with Gasteiger partial charge in [-0.1, -0.05) is 6.08 Å². The highest BCUT2D eigenvalue weighted by molar-refractivity contribution is 7.93. The Morgan fingerprint density at radius 2 is 2.14 bits per heavy atom. The highest BCUT2D eigenvalue weighted by atomic mass is 32.2. The van der Waals surface area contributed by atoms with Gasteiger partial charge in [0.15, 0.2) is 9.84 Å². The van der Waals surface area contributed by atoms with Gasteiger partial charge in [0.1, 0.15) is 4.83 Å². The van der Waals surface area contributed by atoms with Crippen LogP contribution in [0.3, 0.4) is 0 Å². The summed E-state index contributed by atoms with van der Waals surface area (Å²) in [6.07, 6.45) is 4.25. The standard InChI is InChI=1S/C14H16N2O3S2/c1-9-5-7-16-14-11(9)10(2)12(20-14)13(17)15-6-4-8-21(3,18)19/h4-5,7-8H,6H2,1-3H3,(H,15,17)/b8-4+. The van der Waals surface area contributed by atoms with Gasteiger partial charge in [0, 0.05) is 29.8 Å². The second-order valence-electron chi connectivity index (χ2n) is 4.78. The highest BCUT2D eigenvalue weighted by Gasteiger charge is 2.16. The molecule has 0 fully saturated rings. The van der Waals surface area contributed by atoms with Gasteiger partial charge in [-0.25, -0.2) is 13.4 Å². The molecule has 112 valence electrons. The molecular weight excluding hydrogens is 308 g/mol. The molecule has 21 heavy (non-hydrogen) atoms. The van der Waals surface area contributed by atoms with Gasteiger partial charge in [0.2, 0.25) is 0 Å². The first-order valence-corrected chi connectivity index (χ1v) is 9.06. The number of sulfone groups is 1. The smallest absolute Gasteiger partial charge is 0.261 e. The van der Waals surface area contributed by atoms with Crippen molar-refractivity contribution in [3.8, 4) is 0 Å². The maximum atomic E-state index is 12.2. The van der Waals surface area contributed by atoms with Crippen molar-refractivity contribution in [3.63, 3.8) is 0 Å². The summed E-state index contributed by atoms with van der Waals surface area (Å²) in [4.78, 5) is 17.9. The fourth-order valence-electron chi connectivity index (χ4n) is 2.03. The molecule has 2 aromatic heterocycles. The molecule has 0 aliphatic carbocycles. The monoisotopic (exact) mass is 324 g/mol. The van der Waals surface area contributed by atoms with E-state index in [4.69, 9.17) is 0 Å². The Hall–Kier alpha value is -1.73. The third-order valence-electron chi connectivity index (χ3n) is 2.97. The summed E-state index contributed by atoms with van der Waals surface area (Å²) in [6.45, 7) is 4.06. The second kappa shape index (κ2) is 5.95. The number of nitrogens with zero attached hydrogens (tertiary/aromatic N) is 1. The summed E-state index contributed by atoms with van der Waals surface area (Å²) in [7, 11) is -3.16. The molecule has 0 saturated carbocycles. The van der Waals surface area contributed by atoms with Gasteiger partial charge in [-0.2, -0.15) is 0 Å². The van der Waals surface area contributed by atoms with Crippen LogP contribution in [0.2, 0.25) is 0 Å². The number of carbonyl (C=O) groups excluding carboxylic acids is 1. The Bertz CT molecular complexity index is 820. The fraction of sp³-hybridized carbons (Fsp3) is 0.286. The number of amides is 1. The molecule has 0 saturated heterocycles. The lowest BCUT2D eigenvalue weighted by Crippen LogP contribution is -2.23. The van der Waals surface area contributed by atoms with E-state index < -0.39 is 9.84 Å². The lowest BCUT2D eigenvalue weighted by atomic mass is 10.1. The molecule has 0 aromatic carbocycles. The van der Waals surface area contributed by atoms with Crippen molar-refractivity contribution in [1.29, 1.82) is 0 Å². The van der Waals surface area contributed by atoms with Crippen LogP contribution in [0, 0.1) is 13.8 Å². The van der Waals surface area contributed by atoms with Gasteiger partial charge in [0.05, 0.1) is 4.88 Å². The minimum atomic E-state index is -3.16. The summed E-state index contributed by atoms with van der Waals surface area (Å²) in [5, 5.41) is 4.78. The Morgan fingerprint density at radius 3 is 2.76 bits per heavy atom. The number of aryl methyl sites for hydroxylation is 2. The van der Waals surface area contributed by atoms with E-state index in [2.05, 4.69) is 10.3 Å². The van der Waals surface area contributed by atoms with Crippen LogP contribution < -0.4 is 5.32 Å². The van der Waals surface area contributed by atoms with E-state index >= 15 is 0 Å². The number of fused-ring (bicyclic) bond motifs is 1. The average Bonchev–Trinajstić information content (AvgIpc) is 2.72. The van der Waals surface area contributed by atoms with E-state index in [1.807, 2.05) is 19.9 Å².